The van der Waals surface area contributed by atoms with Crippen molar-refractivity contribution in [2.45, 2.75) is 41.5 Å². The van der Waals surface area contributed by atoms with E-state index in [1.165, 1.54) is 46.9 Å². The number of rotatable bonds is 8. The first-order valence-corrected chi connectivity index (χ1v) is 13.0. The summed E-state index contributed by atoms with van der Waals surface area (Å²) in [6, 6.07) is 6.11. The number of benzene rings is 1. The summed E-state index contributed by atoms with van der Waals surface area (Å²) in [5.74, 6) is -1.79. The van der Waals surface area contributed by atoms with E-state index in [1.807, 2.05) is 27.7 Å². The number of anilines is 2. The number of aryl methyl sites for hydroxylation is 2. The van der Waals surface area contributed by atoms with Crippen LogP contribution in [0, 0.1) is 27.7 Å². The molecule has 36 heavy (non-hydrogen) atoms. The van der Waals surface area contributed by atoms with Crippen molar-refractivity contribution < 1.29 is 28.7 Å². The number of carbonyl (C=O) groups excluding carboxylic acids is 4. The average Bonchev–Trinajstić information content (AvgIpc) is 3.27. The first-order chi connectivity index (χ1) is 17.1. The highest BCUT2D eigenvalue weighted by Gasteiger charge is 2.24. The number of amides is 2. The van der Waals surface area contributed by atoms with E-state index in [0.29, 0.717) is 32.3 Å². The van der Waals surface area contributed by atoms with Crippen molar-refractivity contribution >= 4 is 56.4 Å². The molecule has 2 aromatic heterocycles. The summed E-state index contributed by atoms with van der Waals surface area (Å²) in [6.07, 6.45) is 0. The number of ether oxygens (including phenoxy) is 2. The number of hydrogen-bond acceptors (Lipinski definition) is 8. The van der Waals surface area contributed by atoms with Gasteiger partial charge in [0.05, 0.1) is 24.3 Å². The van der Waals surface area contributed by atoms with Crippen molar-refractivity contribution in [2.75, 3.05) is 23.8 Å². The van der Waals surface area contributed by atoms with Gasteiger partial charge in [0.1, 0.15) is 10.0 Å². The Labute approximate surface area is 217 Å². The number of hydrogen-bond donors (Lipinski definition) is 2. The monoisotopic (exact) mass is 528 g/mol. The minimum absolute atomic E-state index is 0.232. The van der Waals surface area contributed by atoms with Crippen molar-refractivity contribution in [3.63, 3.8) is 0 Å². The van der Waals surface area contributed by atoms with Crippen molar-refractivity contribution in [2.24, 2.45) is 0 Å². The molecule has 3 aromatic rings. The molecule has 0 atom stereocenters. The lowest BCUT2D eigenvalue weighted by molar-refractivity contribution is 0.0517. The smallest absolute Gasteiger partial charge is 0.341 e. The summed E-state index contributed by atoms with van der Waals surface area (Å²) in [6.45, 7) is 11.3. The zero-order valence-corrected chi connectivity index (χ0v) is 22.6. The van der Waals surface area contributed by atoms with Crippen molar-refractivity contribution in [3.05, 3.63) is 67.4 Å². The van der Waals surface area contributed by atoms with Crippen LogP contribution in [0.1, 0.15) is 76.2 Å². The molecular formula is C26H28N2O6S2. The van der Waals surface area contributed by atoms with Gasteiger partial charge >= 0.3 is 11.9 Å². The van der Waals surface area contributed by atoms with Gasteiger partial charge in [0.25, 0.3) is 11.8 Å². The van der Waals surface area contributed by atoms with E-state index in [2.05, 4.69) is 10.6 Å². The van der Waals surface area contributed by atoms with Crippen LogP contribution in [0.4, 0.5) is 10.0 Å². The van der Waals surface area contributed by atoms with Crippen molar-refractivity contribution in [3.8, 4) is 0 Å². The Hall–Kier alpha value is -3.50. The molecule has 0 bridgehead atoms. The van der Waals surface area contributed by atoms with Crippen LogP contribution in [0.3, 0.4) is 0 Å². The Morgan fingerprint density at radius 3 is 1.31 bits per heavy atom. The van der Waals surface area contributed by atoms with Gasteiger partial charge < -0.3 is 20.1 Å². The molecular weight excluding hydrogens is 500 g/mol. The van der Waals surface area contributed by atoms with Crippen LogP contribution in [0.15, 0.2) is 24.3 Å². The maximum absolute atomic E-state index is 12.9. The van der Waals surface area contributed by atoms with Gasteiger partial charge in [-0.25, -0.2) is 9.59 Å². The molecule has 2 amide bonds. The number of nitrogens with one attached hydrogen (secondary N) is 2. The standard InChI is InChI=1S/C26H28N2O6S2/c1-7-33-25(31)19-13(3)15(5)35-23(19)27-21(29)17-9-11-18(12-10-17)22(30)28-24-20(26(32)34-8-2)14(4)16(6)36-24/h9-12H,7-8H2,1-6H3,(H,27,29)(H,28,30). The van der Waals surface area contributed by atoms with Crippen molar-refractivity contribution in [1.29, 1.82) is 0 Å². The molecule has 0 aliphatic rings. The van der Waals surface area contributed by atoms with Gasteiger partial charge in [-0.15, -0.1) is 22.7 Å². The molecule has 0 spiro atoms. The van der Waals surface area contributed by atoms with Gasteiger partial charge in [-0.2, -0.15) is 0 Å². The first kappa shape index (κ1) is 27.1. The van der Waals surface area contributed by atoms with Gasteiger partial charge in [-0.05, 0) is 76.9 Å². The van der Waals surface area contributed by atoms with Gasteiger partial charge in [-0.1, -0.05) is 0 Å². The summed E-state index contributed by atoms with van der Waals surface area (Å²) in [5, 5.41) is 6.41. The lowest BCUT2D eigenvalue weighted by Crippen LogP contribution is -2.16. The van der Waals surface area contributed by atoms with E-state index >= 15 is 0 Å². The maximum atomic E-state index is 12.9. The van der Waals surface area contributed by atoms with E-state index in [4.69, 9.17) is 9.47 Å². The number of esters is 2. The molecule has 10 heteroatoms. The fraction of sp³-hybridized carbons (Fsp3) is 0.308. The Bertz CT molecular complexity index is 1220. The largest absolute Gasteiger partial charge is 0.462 e. The number of carbonyl (C=O) groups is 4. The zero-order chi connectivity index (χ0) is 26.6. The zero-order valence-electron chi connectivity index (χ0n) is 21.0. The Kier molecular flexibility index (Phi) is 8.65. The second-order valence-electron chi connectivity index (χ2n) is 7.90. The predicted molar refractivity (Wildman–Crippen MR) is 142 cm³/mol. The molecule has 2 heterocycles. The quantitative estimate of drug-likeness (QED) is 0.352. The van der Waals surface area contributed by atoms with Crippen LogP contribution < -0.4 is 10.6 Å². The number of thiophene rings is 2. The van der Waals surface area contributed by atoms with Crippen LogP contribution in [0.5, 0.6) is 0 Å². The summed E-state index contributed by atoms with van der Waals surface area (Å²) in [5.41, 5.74) is 2.87. The highest BCUT2D eigenvalue weighted by Crippen LogP contribution is 2.34. The topological polar surface area (TPSA) is 111 Å². The summed E-state index contributed by atoms with van der Waals surface area (Å²) < 4.78 is 10.3. The van der Waals surface area contributed by atoms with Crippen LogP contribution >= 0.6 is 22.7 Å². The van der Waals surface area contributed by atoms with E-state index in [0.717, 1.165) is 20.9 Å². The fourth-order valence-corrected chi connectivity index (χ4v) is 5.54. The lowest BCUT2D eigenvalue weighted by atomic mass is 10.1. The molecule has 0 aliphatic carbocycles. The molecule has 0 fully saturated rings. The molecule has 0 unspecified atom stereocenters. The second kappa shape index (κ2) is 11.5. The van der Waals surface area contributed by atoms with E-state index in [1.54, 1.807) is 13.8 Å². The Morgan fingerprint density at radius 1 is 0.667 bits per heavy atom. The third-order valence-electron chi connectivity index (χ3n) is 5.59. The fourth-order valence-electron chi connectivity index (χ4n) is 3.45. The minimum Gasteiger partial charge on any atom is -0.462 e. The summed E-state index contributed by atoms with van der Waals surface area (Å²) >= 11 is 2.61. The minimum atomic E-state index is -0.483. The Balaban J connectivity index is 1.76. The van der Waals surface area contributed by atoms with Crippen LogP contribution in [0.2, 0.25) is 0 Å². The molecule has 0 radical (unpaired) electrons. The van der Waals surface area contributed by atoms with Crippen LogP contribution in [-0.2, 0) is 9.47 Å². The average molecular weight is 529 g/mol. The molecule has 0 saturated heterocycles. The molecule has 0 saturated carbocycles. The third kappa shape index (κ3) is 5.66. The highest BCUT2D eigenvalue weighted by molar-refractivity contribution is 7.17. The molecule has 3 rings (SSSR count). The summed E-state index contributed by atoms with van der Waals surface area (Å²) in [4.78, 5) is 52.3. The van der Waals surface area contributed by atoms with Gasteiger partial charge in [0.2, 0.25) is 0 Å². The molecule has 2 N–H and O–H groups in total. The van der Waals surface area contributed by atoms with E-state index < -0.39 is 23.8 Å². The lowest BCUT2D eigenvalue weighted by Gasteiger charge is -2.09. The highest BCUT2D eigenvalue weighted by atomic mass is 32.1. The SMILES string of the molecule is CCOC(=O)c1c(NC(=O)c2ccc(C(=O)Nc3sc(C)c(C)c3C(=O)OCC)cc2)sc(C)c1C. The Morgan fingerprint density at radius 2 is 1.00 bits per heavy atom. The molecule has 190 valence electrons. The molecule has 1 aromatic carbocycles. The summed E-state index contributed by atoms with van der Waals surface area (Å²) in [7, 11) is 0. The third-order valence-corrected chi connectivity index (χ3v) is 7.84. The van der Waals surface area contributed by atoms with Crippen LogP contribution in [-0.4, -0.2) is 37.0 Å². The maximum Gasteiger partial charge on any atom is 0.341 e. The second-order valence-corrected chi connectivity index (χ2v) is 10.4. The van der Waals surface area contributed by atoms with Crippen LogP contribution in [0.25, 0.3) is 0 Å². The van der Waals surface area contributed by atoms with E-state index in [-0.39, 0.29) is 13.2 Å². The van der Waals surface area contributed by atoms with Gasteiger partial charge in [-0.3, -0.25) is 9.59 Å². The van der Waals surface area contributed by atoms with Gasteiger partial charge in [0, 0.05) is 20.9 Å². The predicted octanol–water partition coefficient (Wildman–Crippen LogP) is 5.90. The molecule has 0 aliphatic heterocycles. The molecule has 8 nitrogen and oxygen atoms in total. The first-order valence-electron chi connectivity index (χ1n) is 11.4. The van der Waals surface area contributed by atoms with Crippen molar-refractivity contribution in [1.82, 2.24) is 0 Å². The van der Waals surface area contributed by atoms with Gasteiger partial charge in [0.15, 0.2) is 0 Å². The van der Waals surface area contributed by atoms with E-state index in [9.17, 15) is 19.2 Å². The normalized spacial score (nSPS) is 10.6.